The number of benzene rings is 1. The van der Waals surface area contributed by atoms with E-state index in [1.54, 1.807) is 0 Å². The van der Waals surface area contributed by atoms with E-state index in [0.29, 0.717) is 0 Å². The second kappa shape index (κ2) is 3.22. The molecule has 1 aromatic rings. The lowest BCUT2D eigenvalue weighted by atomic mass is 10.4. The molecule has 0 spiro atoms. The molecule has 0 aromatic heterocycles. The average molecular weight is 227 g/mol. The lowest BCUT2D eigenvalue weighted by molar-refractivity contribution is 0.483. The zero-order chi connectivity index (χ0) is 9.35. The van der Waals surface area contributed by atoms with Gasteiger partial charge in [0.1, 0.15) is 0 Å². The van der Waals surface area contributed by atoms with Crippen LogP contribution in [0.4, 0.5) is 0 Å². The quantitative estimate of drug-likeness (QED) is 0.748. The molecule has 3 nitrogen and oxygen atoms in total. The highest BCUT2D eigenvalue weighted by atomic mass is 35.5. The Morgan fingerprint density at radius 1 is 1.08 bits per heavy atom. The Balaban J connectivity index is 3.37. The van der Waals surface area contributed by atoms with Crippen LogP contribution in [0.1, 0.15) is 0 Å². The molecule has 0 heterocycles. The number of hydrogen-bond acceptors (Lipinski definition) is 2. The van der Waals surface area contributed by atoms with Crippen molar-refractivity contribution in [2.45, 2.75) is 4.90 Å². The summed E-state index contributed by atoms with van der Waals surface area (Å²) >= 11 is 11.0. The Bertz CT molecular complexity index is 379. The lowest BCUT2D eigenvalue weighted by Gasteiger charge is -1.98. The van der Waals surface area contributed by atoms with Gasteiger partial charge in [0.2, 0.25) is 0 Å². The maximum Gasteiger partial charge on any atom is 0.294 e. The summed E-state index contributed by atoms with van der Waals surface area (Å²) in [6, 6.07) is 3.60. The van der Waals surface area contributed by atoms with E-state index in [2.05, 4.69) is 0 Å². The Hall–Kier alpha value is -0.290. The second-order valence-corrected chi connectivity index (χ2v) is 4.37. The van der Waals surface area contributed by atoms with Gasteiger partial charge in [-0.05, 0) is 18.2 Å². The minimum Gasteiger partial charge on any atom is -0.282 e. The fourth-order valence-corrected chi connectivity index (χ4v) is 1.88. The summed E-state index contributed by atoms with van der Waals surface area (Å²) in [5.41, 5.74) is 0. The summed E-state index contributed by atoms with van der Waals surface area (Å²) in [5.74, 6) is 0. The molecule has 0 bridgehead atoms. The van der Waals surface area contributed by atoms with Crippen LogP contribution < -0.4 is 0 Å². The molecule has 0 atom stereocenters. The van der Waals surface area contributed by atoms with Crippen LogP contribution in [0.5, 0.6) is 0 Å². The highest BCUT2D eigenvalue weighted by molar-refractivity contribution is 7.85. The molecule has 0 amide bonds. The van der Waals surface area contributed by atoms with Gasteiger partial charge < -0.3 is 0 Å². The van der Waals surface area contributed by atoms with E-state index in [9.17, 15) is 8.42 Å². The van der Waals surface area contributed by atoms with E-state index in [-0.39, 0.29) is 14.9 Å². The summed E-state index contributed by atoms with van der Waals surface area (Å²) in [4.78, 5) is -0.306. The van der Waals surface area contributed by atoms with Gasteiger partial charge in [0.15, 0.2) is 0 Å². The molecule has 0 unspecified atom stereocenters. The van der Waals surface area contributed by atoms with E-state index in [4.69, 9.17) is 27.8 Å². The van der Waals surface area contributed by atoms with E-state index < -0.39 is 10.1 Å². The first-order valence-electron chi connectivity index (χ1n) is 2.83. The first-order chi connectivity index (χ1) is 5.39. The van der Waals surface area contributed by atoms with Crippen molar-refractivity contribution in [3.63, 3.8) is 0 Å². The Morgan fingerprint density at radius 3 is 1.83 bits per heavy atom. The number of rotatable bonds is 1. The van der Waals surface area contributed by atoms with E-state index in [0.717, 1.165) is 12.1 Å². The fraction of sp³-hybridized carbons (Fsp3) is 0. The van der Waals surface area contributed by atoms with Gasteiger partial charge >= 0.3 is 0 Å². The van der Waals surface area contributed by atoms with Crippen molar-refractivity contribution in [3.8, 4) is 0 Å². The van der Waals surface area contributed by atoms with Crippen LogP contribution in [0.2, 0.25) is 10.0 Å². The number of hydrogen-bond donors (Lipinski definition) is 1. The molecule has 66 valence electrons. The molecule has 6 heteroatoms. The van der Waals surface area contributed by atoms with Crippen LogP contribution in [0.25, 0.3) is 0 Å². The Labute approximate surface area is 79.7 Å². The van der Waals surface area contributed by atoms with Crippen LogP contribution in [-0.2, 0) is 10.1 Å². The zero-order valence-electron chi connectivity index (χ0n) is 5.66. The molecule has 1 rings (SSSR count). The maximum atomic E-state index is 10.6. The minimum absolute atomic E-state index is 0.162. The molecule has 0 saturated carbocycles. The van der Waals surface area contributed by atoms with Gasteiger partial charge in [-0.2, -0.15) is 8.42 Å². The van der Waals surface area contributed by atoms with Gasteiger partial charge in [-0.1, -0.05) is 23.2 Å². The third kappa shape index (κ3) is 2.35. The van der Waals surface area contributed by atoms with E-state index >= 15 is 0 Å². The van der Waals surface area contributed by atoms with Crippen LogP contribution in [0.3, 0.4) is 0 Å². The van der Waals surface area contributed by atoms with Crippen LogP contribution in [0, 0.1) is 0 Å². The molecule has 0 radical (unpaired) electrons. The Morgan fingerprint density at radius 2 is 1.50 bits per heavy atom. The van der Waals surface area contributed by atoms with Gasteiger partial charge in [-0.25, -0.2) is 0 Å². The van der Waals surface area contributed by atoms with Crippen molar-refractivity contribution in [3.05, 3.63) is 28.2 Å². The highest BCUT2D eigenvalue weighted by Gasteiger charge is 2.10. The van der Waals surface area contributed by atoms with Crippen molar-refractivity contribution in [2.75, 3.05) is 0 Å². The average Bonchev–Trinajstić information content (AvgIpc) is 1.82. The minimum atomic E-state index is -4.22. The van der Waals surface area contributed by atoms with E-state index in [1.165, 1.54) is 6.07 Å². The van der Waals surface area contributed by atoms with Crippen molar-refractivity contribution >= 4 is 33.3 Å². The molecule has 1 N–H and O–H groups in total. The normalized spacial score (nSPS) is 11.6. The molecule has 0 fully saturated rings. The molecular formula is C6H4Cl2O3S. The van der Waals surface area contributed by atoms with Crippen molar-refractivity contribution in [2.24, 2.45) is 0 Å². The first-order valence-corrected chi connectivity index (χ1v) is 5.03. The first kappa shape index (κ1) is 9.80. The zero-order valence-corrected chi connectivity index (χ0v) is 7.99. The molecule has 0 saturated heterocycles. The lowest BCUT2D eigenvalue weighted by Crippen LogP contribution is -1.97. The summed E-state index contributed by atoms with van der Waals surface area (Å²) in [7, 11) is -4.22. The van der Waals surface area contributed by atoms with Gasteiger partial charge in [0.25, 0.3) is 10.1 Å². The smallest absolute Gasteiger partial charge is 0.282 e. The largest absolute Gasteiger partial charge is 0.294 e. The molecule has 0 aliphatic rings. The van der Waals surface area contributed by atoms with Gasteiger partial charge in [0.05, 0.1) is 4.90 Å². The third-order valence-corrected chi connectivity index (χ3v) is 2.40. The van der Waals surface area contributed by atoms with Crippen molar-refractivity contribution < 1.29 is 13.0 Å². The van der Waals surface area contributed by atoms with Gasteiger partial charge in [0, 0.05) is 10.0 Å². The molecule has 0 aliphatic carbocycles. The number of halogens is 2. The standard InChI is InChI=1S/C6H4Cl2O3S/c7-4-1-5(8)3-6(2-4)12(9,10)11/h1-3H,(H,9,10,11). The summed E-state index contributed by atoms with van der Waals surface area (Å²) in [5, 5.41) is 0.324. The fourth-order valence-electron chi connectivity index (χ4n) is 0.677. The summed E-state index contributed by atoms with van der Waals surface area (Å²) < 4.78 is 29.7. The third-order valence-electron chi connectivity index (χ3n) is 1.13. The monoisotopic (exact) mass is 226 g/mol. The van der Waals surface area contributed by atoms with Crippen LogP contribution >= 0.6 is 23.2 Å². The molecule has 12 heavy (non-hydrogen) atoms. The van der Waals surface area contributed by atoms with Crippen molar-refractivity contribution in [1.29, 1.82) is 0 Å². The van der Waals surface area contributed by atoms with Crippen LogP contribution in [-0.4, -0.2) is 13.0 Å². The van der Waals surface area contributed by atoms with E-state index in [1.807, 2.05) is 0 Å². The SMILES string of the molecule is O=S(=O)(O)c1cc(Cl)cc(Cl)c1. The maximum absolute atomic E-state index is 10.6. The predicted molar refractivity (Wildman–Crippen MR) is 46.3 cm³/mol. The summed E-state index contributed by atoms with van der Waals surface area (Å²) in [6.45, 7) is 0. The predicted octanol–water partition coefficient (Wildman–Crippen LogP) is 2.24. The molecule has 0 aliphatic heterocycles. The van der Waals surface area contributed by atoms with Crippen molar-refractivity contribution in [1.82, 2.24) is 0 Å². The Kier molecular flexibility index (Phi) is 2.63. The van der Waals surface area contributed by atoms with Crippen LogP contribution in [0.15, 0.2) is 23.1 Å². The molecule has 1 aromatic carbocycles. The second-order valence-electron chi connectivity index (χ2n) is 2.08. The van der Waals surface area contributed by atoms with Gasteiger partial charge in [-0.15, -0.1) is 0 Å². The molecular weight excluding hydrogens is 223 g/mol. The summed E-state index contributed by atoms with van der Waals surface area (Å²) in [6.07, 6.45) is 0. The van der Waals surface area contributed by atoms with Gasteiger partial charge in [-0.3, -0.25) is 4.55 Å². The topological polar surface area (TPSA) is 54.4 Å². The highest BCUT2D eigenvalue weighted by Crippen LogP contribution is 2.21.